The van der Waals surface area contributed by atoms with Gasteiger partial charge in [0.25, 0.3) is 0 Å². The zero-order valence-electron chi connectivity index (χ0n) is 7.29. The summed E-state index contributed by atoms with van der Waals surface area (Å²) in [4.78, 5) is 4.05. The van der Waals surface area contributed by atoms with E-state index in [1.165, 1.54) is 0 Å². The molecule has 64 valence electrons. The molecule has 0 radical (unpaired) electrons. The van der Waals surface area contributed by atoms with E-state index in [0.29, 0.717) is 5.92 Å². The Morgan fingerprint density at radius 2 is 2.58 bits per heavy atom. The quantitative estimate of drug-likeness (QED) is 0.636. The number of terminal acetylenes is 1. The van der Waals surface area contributed by atoms with Crippen LogP contribution in [0.2, 0.25) is 0 Å². The van der Waals surface area contributed by atoms with E-state index in [0.717, 1.165) is 25.2 Å². The highest BCUT2D eigenvalue weighted by atomic mass is 16.3. The normalized spacial score (nSPS) is 12.3. The van der Waals surface area contributed by atoms with Gasteiger partial charge in [0.2, 0.25) is 0 Å². The fourth-order valence-electron chi connectivity index (χ4n) is 1.13. The molecule has 1 atom stereocenters. The summed E-state index contributed by atoms with van der Waals surface area (Å²) in [6.45, 7) is 2.13. The van der Waals surface area contributed by atoms with Crippen molar-refractivity contribution in [2.75, 3.05) is 0 Å². The summed E-state index contributed by atoms with van der Waals surface area (Å²) in [6.07, 6.45) is 11.2. The fourth-order valence-corrected chi connectivity index (χ4v) is 1.13. The summed E-state index contributed by atoms with van der Waals surface area (Å²) in [5.74, 6) is 3.96. The van der Waals surface area contributed by atoms with E-state index in [2.05, 4.69) is 17.8 Å². The third kappa shape index (κ3) is 2.43. The van der Waals surface area contributed by atoms with Gasteiger partial charge in [-0.3, -0.25) is 0 Å². The Labute approximate surface area is 73.0 Å². The highest BCUT2D eigenvalue weighted by Crippen LogP contribution is 2.13. The molecular formula is C10H13NO. The van der Waals surface area contributed by atoms with E-state index in [9.17, 15) is 0 Å². The molecule has 1 heterocycles. The van der Waals surface area contributed by atoms with Gasteiger partial charge in [0.1, 0.15) is 6.26 Å². The topological polar surface area (TPSA) is 26.0 Å². The van der Waals surface area contributed by atoms with Crippen molar-refractivity contribution in [3.63, 3.8) is 0 Å². The summed E-state index contributed by atoms with van der Waals surface area (Å²) < 4.78 is 5.13. The lowest BCUT2D eigenvalue weighted by Crippen LogP contribution is -2.02. The second kappa shape index (κ2) is 4.61. The van der Waals surface area contributed by atoms with Crippen LogP contribution < -0.4 is 0 Å². The van der Waals surface area contributed by atoms with Crippen molar-refractivity contribution < 1.29 is 4.42 Å². The fraction of sp³-hybridized carbons (Fsp3) is 0.500. The Morgan fingerprint density at radius 1 is 1.75 bits per heavy atom. The average Bonchev–Trinajstić information content (AvgIpc) is 2.56. The van der Waals surface area contributed by atoms with Gasteiger partial charge in [0.05, 0.1) is 6.20 Å². The molecule has 2 nitrogen and oxygen atoms in total. The number of oxazole rings is 1. The van der Waals surface area contributed by atoms with Gasteiger partial charge in [-0.1, -0.05) is 13.3 Å². The minimum atomic E-state index is 0.508. The molecular weight excluding hydrogens is 150 g/mol. The maximum atomic E-state index is 5.23. The molecule has 0 bridgehead atoms. The molecule has 0 fully saturated rings. The lowest BCUT2D eigenvalue weighted by Gasteiger charge is -2.07. The standard InChI is InChI=1S/C10H13NO/c1-3-5-9(4-2)8-10-11-6-7-12-10/h1,6-7,9H,4-5,8H2,2H3. The first-order valence-corrected chi connectivity index (χ1v) is 4.18. The first-order valence-electron chi connectivity index (χ1n) is 4.18. The lowest BCUT2D eigenvalue weighted by molar-refractivity contribution is 0.422. The first-order chi connectivity index (χ1) is 5.86. The molecule has 1 aromatic heterocycles. The van der Waals surface area contributed by atoms with E-state index in [4.69, 9.17) is 10.8 Å². The molecule has 12 heavy (non-hydrogen) atoms. The highest BCUT2D eigenvalue weighted by molar-refractivity contribution is 4.90. The second-order valence-corrected chi connectivity index (χ2v) is 2.81. The molecule has 0 saturated carbocycles. The minimum absolute atomic E-state index is 0.508. The van der Waals surface area contributed by atoms with Crippen LogP contribution in [-0.4, -0.2) is 4.98 Å². The first kappa shape index (κ1) is 8.86. The summed E-state index contributed by atoms with van der Waals surface area (Å²) in [6, 6.07) is 0. The van der Waals surface area contributed by atoms with Gasteiger partial charge in [0.15, 0.2) is 5.89 Å². The van der Waals surface area contributed by atoms with Crippen molar-refractivity contribution in [3.8, 4) is 12.3 Å². The summed E-state index contributed by atoms with van der Waals surface area (Å²) in [5, 5.41) is 0. The molecule has 0 N–H and O–H groups in total. The van der Waals surface area contributed by atoms with Crippen LogP contribution in [0.3, 0.4) is 0 Å². The number of hydrogen-bond acceptors (Lipinski definition) is 2. The molecule has 0 saturated heterocycles. The summed E-state index contributed by atoms with van der Waals surface area (Å²) >= 11 is 0. The molecule has 0 spiro atoms. The molecule has 0 aromatic carbocycles. The molecule has 1 unspecified atom stereocenters. The predicted octanol–water partition coefficient (Wildman–Crippen LogP) is 2.27. The zero-order chi connectivity index (χ0) is 8.81. The van der Waals surface area contributed by atoms with Gasteiger partial charge in [0, 0.05) is 12.8 Å². The van der Waals surface area contributed by atoms with Crippen LogP contribution in [0.25, 0.3) is 0 Å². The van der Waals surface area contributed by atoms with Gasteiger partial charge < -0.3 is 4.42 Å². The average molecular weight is 163 g/mol. The Balaban J connectivity index is 2.44. The van der Waals surface area contributed by atoms with Crippen LogP contribution >= 0.6 is 0 Å². The number of hydrogen-bond donors (Lipinski definition) is 0. The van der Waals surface area contributed by atoms with E-state index in [1.54, 1.807) is 12.5 Å². The van der Waals surface area contributed by atoms with Gasteiger partial charge in [-0.2, -0.15) is 0 Å². The van der Waals surface area contributed by atoms with Gasteiger partial charge in [-0.05, 0) is 5.92 Å². The Hall–Kier alpha value is -1.23. The summed E-state index contributed by atoms with van der Waals surface area (Å²) in [7, 11) is 0. The van der Waals surface area contributed by atoms with Gasteiger partial charge in [-0.25, -0.2) is 4.98 Å². The number of rotatable bonds is 4. The van der Waals surface area contributed by atoms with Crippen LogP contribution in [0.1, 0.15) is 25.7 Å². The van der Waals surface area contributed by atoms with Crippen molar-refractivity contribution in [1.82, 2.24) is 4.98 Å². The Kier molecular flexibility index (Phi) is 3.40. The Bertz CT molecular complexity index is 245. The molecule has 0 aliphatic rings. The van der Waals surface area contributed by atoms with Crippen molar-refractivity contribution in [2.45, 2.75) is 26.2 Å². The monoisotopic (exact) mass is 163 g/mol. The molecule has 0 amide bonds. The molecule has 1 rings (SSSR count). The number of nitrogens with zero attached hydrogens (tertiary/aromatic N) is 1. The third-order valence-electron chi connectivity index (χ3n) is 1.93. The SMILES string of the molecule is C#CCC(CC)Cc1ncco1. The number of aromatic nitrogens is 1. The van der Waals surface area contributed by atoms with Crippen molar-refractivity contribution in [3.05, 3.63) is 18.4 Å². The van der Waals surface area contributed by atoms with Crippen molar-refractivity contribution in [1.29, 1.82) is 0 Å². The van der Waals surface area contributed by atoms with E-state index < -0.39 is 0 Å². The minimum Gasteiger partial charge on any atom is -0.449 e. The lowest BCUT2D eigenvalue weighted by atomic mass is 9.99. The molecule has 2 heteroatoms. The van der Waals surface area contributed by atoms with E-state index in [-0.39, 0.29) is 0 Å². The summed E-state index contributed by atoms with van der Waals surface area (Å²) in [5.41, 5.74) is 0. The van der Waals surface area contributed by atoms with Crippen LogP contribution in [0, 0.1) is 18.3 Å². The van der Waals surface area contributed by atoms with Gasteiger partial charge in [-0.15, -0.1) is 12.3 Å². The molecule has 0 aliphatic heterocycles. The van der Waals surface area contributed by atoms with Crippen LogP contribution in [0.4, 0.5) is 0 Å². The largest absolute Gasteiger partial charge is 0.449 e. The third-order valence-corrected chi connectivity index (χ3v) is 1.93. The predicted molar refractivity (Wildman–Crippen MR) is 47.4 cm³/mol. The maximum Gasteiger partial charge on any atom is 0.194 e. The zero-order valence-corrected chi connectivity index (χ0v) is 7.29. The van der Waals surface area contributed by atoms with E-state index >= 15 is 0 Å². The van der Waals surface area contributed by atoms with Crippen LogP contribution in [-0.2, 0) is 6.42 Å². The smallest absolute Gasteiger partial charge is 0.194 e. The van der Waals surface area contributed by atoms with Gasteiger partial charge >= 0.3 is 0 Å². The van der Waals surface area contributed by atoms with E-state index in [1.807, 2.05) is 0 Å². The van der Waals surface area contributed by atoms with Crippen LogP contribution in [0.5, 0.6) is 0 Å². The van der Waals surface area contributed by atoms with Crippen LogP contribution in [0.15, 0.2) is 16.9 Å². The second-order valence-electron chi connectivity index (χ2n) is 2.81. The van der Waals surface area contributed by atoms with Crippen molar-refractivity contribution in [2.24, 2.45) is 5.92 Å². The molecule has 1 aromatic rings. The molecule has 0 aliphatic carbocycles. The van der Waals surface area contributed by atoms with Crippen molar-refractivity contribution >= 4 is 0 Å². The highest BCUT2D eigenvalue weighted by Gasteiger charge is 2.08. The maximum absolute atomic E-state index is 5.23. The Morgan fingerprint density at radius 3 is 3.08 bits per heavy atom.